The molecule has 0 radical (unpaired) electrons. The molecule has 2 N–H and O–H groups in total. The van der Waals surface area contributed by atoms with Crippen LogP contribution >= 0.6 is 0 Å². The molecule has 0 fully saturated rings. The Morgan fingerprint density at radius 3 is 2.62 bits per heavy atom. The van der Waals surface area contributed by atoms with Crippen LogP contribution in [0.1, 0.15) is 34.2 Å². The fourth-order valence-corrected chi connectivity index (χ4v) is 2.16. The molecule has 0 saturated carbocycles. The fraction of sp³-hybridized carbons (Fsp3) is 0.400. The molecule has 21 heavy (non-hydrogen) atoms. The molecule has 2 aromatic rings. The number of aromatic nitrogens is 3. The molecule has 0 aliphatic heterocycles. The second kappa shape index (κ2) is 6.39. The summed E-state index contributed by atoms with van der Waals surface area (Å²) in [7, 11) is 1.90. The Morgan fingerprint density at radius 2 is 2.10 bits per heavy atom. The molecule has 2 heterocycles. The van der Waals surface area contributed by atoms with Gasteiger partial charge in [-0.05, 0) is 32.9 Å². The largest absolute Gasteiger partial charge is 0.370 e. The van der Waals surface area contributed by atoms with Gasteiger partial charge in [0.2, 0.25) is 0 Å². The molecule has 2 aromatic heterocycles. The van der Waals surface area contributed by atoms with Crippen LogP contribution in [0.15, 0.2) is 18.3 Å². The maximum atomic E-state index is 12.1. The number of carbonyl (C=O) groups is 1. The highest BCUT2D eigenvalue weighted by molar-refractivity contribution is 5.94. The lowest BCUT2D eigenvalue weighted by Gasteiger charge is -2.07. The third kappa shape index (κ3) is 3.39. The number of hydrogen-bond acceptors (Lipinski definition) is 4. The van der Waals surface area contributed by atoms with Gasteiger partial charge in [-0.3, -0.25) is 9.48 Å². The molecule has 1 amide bonds. The Labute approximate surface area is 124 Å². The number of amides is 1. The molecule has 0 aliphatic rings. The van der Waals surface area contributed by atoms with Gasteiger partial charge in [-0.1, -0.05) is 0 Å². The molecule has 112 valence electrons. The summed E-state index contributed by atoms with van der Waals surface area (Å²) >= 11 is 0. The number of anilines is 1. The molecule has 6 nitrogen and oxygen atoms in total. The number of pyridine rings is 1. The van der Waals surface area contributed by atoms with Crippen LogP contribution < -0.4 is 10.6 Å². The molecular weight excluding hydrogens is 266 g/mol. The van der Waals surface area contributed by atoms with Gasteiger partial charge in [0.1, 0.15) is 5.82 Å². The van der Waals surface area contributed by atoms with Gasteiger partial charge in [-0.25, -0.2) is 4.98 Å². The monoisotopic (exact) mass is 287 g/mol. The van der Waals surface area contributed by atoms with Gasteiger partial charge in [-0.15, -0.1) is 0 Å². The van der Waals surface area contributed by atoms with Gasteiger partial charge < -0.3 is 10.6 Å². The minimum atomic E-state index is -0.131. The standard InChI is InChI=1S/C15H21N5O/c1-5-16-14-7-6-12(8-17-14)15(21)18-9-13-10(2)19-20(4)11(13)3/h6-8H,5,9H2,1-4H3,(H,16,17)(H,18,21). The van der Waals surface area contributed by atoms with E-state index in [1.165, 1.54) is 0 Å². The van der Waals surface area contributed by atoms with Crippen LogP contribution in [-0.2, 0) is 13.6 Å². The van der Waals surface area contributed by atoms with Gasteiger partial charge in [0.25, 0.3) is 5.91 Å². The molecule has 0 aromatic carbocycles. The van der Waals surface area contributed by atoms with Crippen LogP contribution in [0.5, 0.6) is 0 Å². The zero-order chi connectivity index (χ0) is 15.4. The first-order valence-corrected chi connectivity index (χ1v) is 7.00. The number of rotatable bonds is 5. The van der Waals surface area contributed by atoms with Crippen LogP contribution in [0.25, 0.3) is 0 Å². The second-order valence-electron chi connectivity index (χ2n) is 4.92. The zero-order valence-electron chi connectivity index (χ0n) is 12.9. The van der Waals surface area contributed by atoms with E-state index in [1.54, 1.807) is 18.3 Å². The first-order chi connectivity index (χ1) is 10.0. The van der Waals surface area contributed by atoms with Crippen molar-refractivity contribution in [2.24, 2.45) is 7.05 Å². The van der Waals surface area contributed by atoms with Crippen LogP contribution in [0, 0.1) is 13.8 Å². The third-order valence-corrected chi connectivity index (χ3v) is 3.47. The summed E-state index contributed by atoms with van der Waals surface area (Å²) < 4.78 is 1.82. The summed E-state index contributed by atoms with van der Waals surface area (Å²) in [6, 6.07) is 3.57. The van der Waals surface area contributed by atoms with E-state index in [0.717, 1.165) is 29.3 Å². The predicted octanol–water partition coefficient (Wildman–Crippen LogP) is 1.79. The molecule has 0 bridgehead atoms. The zero-order valence-corrected chi connectivity index (χ0v) is 12.9. The maximum Gasteiger partial charge on any atom is 0.253 e. The average molecular weight is 287 g/mol. The molecule has 6 heteroatoms. The lowest BCUT2D eigenvalue weighted by atomic mass is 10.2. The molecule has 0 atom stereocenters. The van der Waals surface area contributed by atoms with Crippen molar-refractivity contribution < 1.29 is 4.79 Å². The molecule has 2 rings (SSSR count). The van der Waals surface area contributed by atoms with Crippen molar-refractivity contribution in [3.63, 3.8) is 0 Å². The van der Waals surface area contributed by atoms with Crippen molar-refractivity contribution in [3.8, 4) is 0 Å². The highest BCUT2D eigenvalue weighted by Crippen LogP contribution is 2.12. The highest BCUT2D eigenvalue weighted by Gasteiger charge is 2.11. The van der Waals surface area contributed by atoms with Crippen molar-refractivity contribution in [2.75, 3.05) is 11.9 Å². The number of carbonyl (C=O) groups excluding carboxylic acids is 1. The summed E-state index contributed by atoms with van der Waals surface area (Å²) in [4.78, 5) is 16.3. The van der Waals surface area contributed by atoms with E-state index in [4.69, 9.17) is 0 Å². The predicted molar refractivity (Wildman–Crippen MR) is 82.3 cm³/mol. The van der Waals surface area contributed by atoms with E-state index >= 15 is 0 Å². The number of aryl methyl sites for hydroxylation is 2. The maximum absolute atomic E-state index is 12.1. The van der Waals surface area contributed by atoms with E-state index in [0.29, 0.717) is 12.1 Å². The number of nitrogens with one attached hydrogen (secondary N) is 2. The molecule has 0 aliphatic carbocycles. The minimum Gasteiger partial charge on any atom is -0.370 e. The van der Waals surface area contributed by atoms with Crippen molar-refractivity contribution in [3.05, 3.63) is 40.8 Å². The molecule has 0 unspecified atom stereocenters. The van der Waals surface area contributed by atoms with Crippen molar-refractivity contribution >= 4 is 11.7 Å². The highest BCUT2D eigenvalue weighted by atomic mass is 16.1. The van der Waals surface area contributed by atoms with Gasteiger partial charge in [0.05, 0.1) is 11.3 Å². The molecule has 0 spiro atoms. The smallest absolute Gasteiger partial charge is 0.253 e. The van der Waals surface area contributed by atoms with Crippen LogP contribution in [0.2, 0.25) is 0 Å². The van der Waals surface area contributed by atoms with Gasteiger partial charge in [0, 0.05) is 37.6 Å². The summed E-state index contributed by atoms with van der Waals surface area (Å²) in [5.41, 5.74) is 3.61. The van der Waals surface area contributed by atoms with Crippen LogP contribution in [-0.4, -0.2) is 27.2 Å². The van der Waals surface area contributed by atoms with Gasteiger partial charge in [-0.2, -0.15) is 5.10 Å². The summed E-state index contributed by atoms with van der Waals surface area (Å²) in [5.74, 6) is 0.640. The number of hydrogen-bond donors (Lipinski definition) is 2. The Bertz CT molecular complexity index is 630. The van der Waals surface area contributed by atoms with Crippen molar-refractivity contribution in [1.29, 1.82) is 0 Å². The molecule has 0 saturated heterocycles. The minimum absolute atomic E-state index is 0.131. The summed E-state index contributed by atoms with van der Waals surface area (Å²) in [6.07, 6.45) is 1.58. The Morgan fingerprint density at radius 1 is 1.33 bits per heavy atom. The Balaban J connectivity index is 2.01. The first kappa shape index (κ1) is 15.0. The topological polar surface area (TPSA) is 71.8 Å². The molecular formula is C15H21N5O. The van der Waals surface area contributed by atoms with Gasteiger partial charge >= 0.3 is 0 Å². The summed E-state index contributed by atoms with van der Waals surface area (Å²) in [6.45, 7) is 7.22. The SMILES string of the molecule is CCNc1ccc(C(=O)NCc2c(C)nn(C)c2C)cn1. The van der Waals surface area contributed by atoms with Crippen LogP contribution in [0.3, 0.4) is 0 Å². The first-order valence-electron chi connectivity index (χ1n) is 7.00. The Kier molecular flexibility index (Phi) is 4.57. The van der Waals surface area contributed by atoms with Crippen LogP contribution in [0.4, 0.5) is 5.82 Å². The third-order valence-electron chi connectivity index (χ3n) is 3.47. The lowest BCUT2D eigenvalue weighted by molar-refractivity contribution is 0.0950. The van der Waals surface area contributed by atoms with Gasteiger partial charge in [0.15, 0.2) is 0 Å². The second-order valence-corrected chi connectivity index (χ2v) is 4.92. The van der Waals surface area contributed by atoms with E-state index in [2.05, 4.69) is 20.7 Å². The normalized spacial score (nSPS) is 10.5. The van der Waals surface area contributed by atoms with E-state index in [-0.39, 0.29) is 5.91 Å². The quantitative estimate of drug-likeness (QED) is 0.879. The van der Waals surface area contributed by atoms with E-state index in [9.17, 15) is 4.79 Å². The van der Waals surface area contributed by atoms with Crippen molar-refractivity contribution in [1.82, 2.24) is 20.1 Å². The van der Waals surface area contributed by atoms with Crippen molar-refractivity contribution in [2.45, 2.75) is 27.3 Å². The van der Waals surface area contributed by atoms with E-state index in [1.807, 2.05) is 32.5 Å². The fourth-order valence-electron chi connectivity index (χ4n) is 2.16. The average Bonchev–Trinajstić information content (AvgIpc) is 2.71. The lowest BCUT2D eigenvalue weighted by Crippen LogP contribution is -2.23. The number of nitrogens with zero attached hydrogens (tertiary/aromatic N) is 3. The Hall–Kier alpha value is -2.37. The summed E-state index contributed by atoms with van der Waals surface area (Å²) in [5, 5.41) is 10.3. The van der Waals surface area contributed by atoms with E-state index < -0.39 is 0 Å².